The molecule has 1 unspecified atom stereocenters. The Balaban J connectivity index is 1.79. The Labute approximate surface area is 137 Å². The Kier molecular flexibility index (Phi) is 5.48. The Bertz CT molecular complexity index is 679. The molecule has 0 aliphatic heterocycles. The second-order valence-corrected chi connectivity index (χ2v) is 5.65. The maximum atomic E-state index is 12.5. The van der Waals surface area contributed by atoms with Gasteiger partial charge in [-0.15, -0.1) is 0 Å². The summed E-state index contributed by atoms with van der Waals surface area (Å²) < 4.78 is 39.2. The predicted molar refractivity (Wildman–Crippen MR) is 83.2 cm³/mol. The molecule has 2 amide bonds. The SMILES string of the molecule is CC(Cc1ccc(C(F)(F)F)cc1)NC(=O)NCc1cnn(C)c1. The van der Waals surface area contributed by atoms with Gasteiger partial charge in [-0.05, 0) is 31.0 Å². The molecule has 130 valence electrons. The molecule has 0 saturated carbocycles. The monoisotopic (exact) mass is 340 g/mol. The van der Waals surface area contributed by atoms with Crippen LogP contribution in [0.4, 0.5) is 18.0 Å². The summed E-state index contributed by atoms with van der Waals surface area (Å²) in [4.78, 5) is 11.8. The molecule has 0 saturated heterocycles. The second kappa shape index (κ2) is 7.37. The lowest BCUT2D eigenvalue weighted by Crippen LogP contribution is -2.41. The lowest BCUT2D eigenvalue weighted by atomic mass is 10.1. The molecule has 0 fully saturated rings. The predicted octanol–water partition coefficient (Wildman–Crippen LogP) is 2.87. The van der Waals surface area contributed by atoms with Crippen LogP contribution in [0.3, 0.4) is 0 Å². The minimum atomic E-state index is -4.34. The molecule has 0 aliphatic rings. The molecule has 1 aromatic carbocycles. The average Bonchev–Trinajstić information content (AvgIpc) is 2.90. The number of nitrogens with one attached hydrogen (secondary N) is 2. The maximum Gasteiger partial charge on any atom is 0.416 e. The van der Waals surface area contributed by atoms with E-state index in [0.717, 1.165) is 23.3 Å². The van der Waals surface area contributed by atoms with Gasteiger partial charge in [0.2, 0.25) is 0 Å². The fourth-order valence-electron chi connectivity index (χ4n) is 2.25. The zero-order valence-corrected chi connectivity index (χ0v) is 13.4. The zero-order valence-electron chi connectivity index (χ0n) is 13.4. The molecular formula is C16H19F3N4O. The number of benzene rings is 1. The quantitative estimate of drug-likeness (QED) is 0.879. The van der Waals surface area contributed by atoms with Gasteiger partial charge in [-0.2, -0.15) is 18.3 Å². The van der Waals surface area contributed by atoms with Gasteiger partial charge in [-0.1, -0.05) is 12.1 Å². The van der Waals surface area contributed by atoms with E-state index in [1.54, 1.807) is 31.0 Å². The van der Waals surface area contributed by atoms with Gasteiger partial charge in [0, 0.05) is 31.4 Å². The molecule has 2 N–H and O–H groups in total. The van der Waals surface area contributed by atoms with Gasteiger partial charge in [0.15, 0.2) is 0 Å². The van der Waals surface area contributed by atoms with Crippen molar-refractivity contribution in [3.8, 4) is 0 Å². The molecule has 0 spiro atoms. The Morgan fingerprint density at radius 3 is 2.46 bits per heavy atom. The molecule has 1 atom stereocenters. The van der Waals surface area contributed by atoms with Crippen molar-refractivity contribution in [2.75, 3.05) is 0 Å². The fourth-order valence-corrected chi connectivity index (χ4v) is 2.25. The van der Waals surface area contributed by atoms with Crippen molar-refractivity contribution in [3.63, 3.8) is 0 Å². The van der Waals surface area contributed by atoms with E-state index in [1.807, 2.05) is 0 Å². The van der Waals surface area contributed by atoms with Gasteiger partial charge in [-0.3, -0.25) is 4.68 Å². The lowest BCUT2D eigenvalue weighted by molar-refractivity contribution is -0.137. The summed E-state index contributed by atoms with van der Waals surface area (Å²) in [6.07, 6.45) is -0.440. The van der Waals surface area contributed by atoms with Crippen LogP contribution >= 0.6 is 0 Å². The molecule has 2 rings (SSSR count). The molecule has 8 heteroatoms. The summed E-state index contributed by atoms with van der Waals surface area (Å²) in [6.45, 7) is 2.15. The van der Waals surface area contributed by atoms with Crippen LogP contribution in [0, 0.1) is 0 Å². The van der Waals surface area contributed by atoms with E-state index in [9.17, 15) is 18.0 Å². The highest BCUT2D eigenvalue weighted by Gasteiger charge is 2.29. The van der Waals surface area contributed by atoms with E-state index in [1.165, 1.54) is 12.1 Å². The van der Waals surface area contributed by atoms with Gasteiger partial charge in [-0.25, -0.2) is 4.79 Å². The summed E-state index contributed by atoms with van der Waals surface area (Å²) in [5.41, 5.74) is 0.923. The molecule has 2 aromatic rings. The van der Waals surface area contributed by atoms with Crippen molar-refractivity contribution in [1.29, 1.82) is 0 Å². The number of hydrogen-bond donors (Lipinski definition) is 2. The highest BCUT2D eigenvalue weighted by atomic mass is 19.4. The number of carbonyl (C=O) groups is 1. The van der Waals surface area contributed by atoms with E-state index in [0.29, 0.717) is 13.0 Å². The van der Waals surface area contributed by atoms with E-state index >= 15 is 0 Å². The van der Waals surface area contributed by atoms with E-state index in [4.69, 9.17) is 0 Å². The minimum absolute atomic E-state index is 0.212. The normalized spacial score (nSPS) is 12.7. The van der Waals surface area contributed by atoms with Gasteiger partial charge in [0.25, 0.3) is 0 Å². The third-order valence-electron chi connectivity index (χ3n) is 3.41. The molecule has 24 heavy (non-hydrogen) atoms. The number of urea groups is 1. The van der Waals surface area contributed by atoms with Gasteiger partial charge in [0.05, 0.1) is 11.8 Å². The average molecular weight is 340 g/mol. The molecule has 5 nitrogen and oxygen atoms in total. The maximum absolute atomic E-state index is 12.5. The number of alkyl halides is 3. The smallest absolute Gasteiger partial charge is 0.335 e. The Hall–Kier alpha value is -2.51. The van der Waals surface area contributed by atoms with E-state index in [2.05, 4.69) is 15.7 Å². The summed E-state index contributed by atoms with van der Waals surface area (Å²) in [7, 11) is 1.79. The first-order valence-corrected chi connectivity index (χ1v) is 7.42. The van der Waals surface area contributed by atoms with Gasteiger partial charge >= 0.3 is 12.2 Å². The Morgan fingerprint density at radius 2 is 1.92 bits per heavy atom. The first-order valence-electron chi connectivity index (χ1n) is 7.42. The highest BCUT2D eigenvalue weighted by Crippen LogP contribution is 2.29. The Morgan fingerprint density at radius 1 is 1.25 bits per heavy atom. The van der Waals surface area contributed by atoms with Crippen LogP contribution in [-0.4, -0.2) is 21.9 Å². The largest absolute Gasteiger partial charge is 0.416 e. The number of halogens is 3. The van der Waals surface area contributed by atoms with E-state index in [-0.39, 0.29) is 12.1 Å². The molecule has 0 radical (unpaired) electrons. The van der Waals surface area contributed by atoms with Crippen molar-refractivity contribution in [2.24, 2.45) is 7.05 Å². The van der Waals surface area contributed by atoms with E-state index < -0.39 is 11.7 Å². The van der Waals surface area contributed by atoms with Crippen LogP contribution in [0.5, 0.6) is 0 Å². The first-order chi connectivity index (χ1) is 11.2. The van der Waals surface area contributed by atoms with Gasteiger partial charge in [0.1, 0.15) is 0 Å². The summed E-state index contributed by atoms with van der Waals surface area (Å²) in [5, 5.41) is 9.46. The number of hydrogen-bond acceptors (Lipinski definition) is 2. The van der Waals surface area contributed by atoms with Crippen molar-refractivity contribution < 1.29 is 18.0 Å². The summed E-state index contributed by atoms with van der Waals surface area (Å²) in [5.74, 6) is 0. The minimum Gasteiger partial charge on any atom is -0.335 e. The second-order valence-electron chi connectivity index (χ2n) is 5.65. The van der Waals surface area contributed by atoms with Crippen molar-refractivity contribution in [2.45, 2.75) is 32.1 Å². The summed E-state index contributed by atoms with van der Waals surface area (Å²) >= 11 is 0. The van der Waals surface area contributed by atoms with Crippen LogP contribution in [0.15, 0.2) is 36.7 Å². The fraction of sp³-hybridized carbons (Fsp3) is 0.375. The molecule has 1 heterocycles. The summed E-state index contributed by atoms with van der Waals surface area (Å²) in [6, 6.07) is 4.40. The van der Waals surface area contributed by atoms with Crippen LogP contribution in [0.2, 0.25) is 0 Å². The molecule has 0 bridgehead atoms. The third kappa shape index (κ3) is 5.29. The third-order valence-corrected chi connectivity index (χ3v) is 3.41. The highest BCUT2D eigenvalue weighted by molar-refractivity contribution is 5.74. The number of aryl methyl sites for hydroxylation is 1. The molecule has 0 aliphatic carbocycles. The van der Waals surface area contributed by atoms with Crippen LogP contribution in [0.25, 0.3) is 0 Å². The van der Waals surface area contributed by atoms with Crippen LogP contribution in [-0.2, 0) is 26.2 Å². The number of aromatic nitrogens is 2. The molecular weight excluding hydrogens is 321 g/mol. The van der Waals surface area contributed by atoms with Crippen LogP contribution in [0.1, 0.15) is 23.6 Å². The topological polar surface area (TPSA) is 59.0 Å². The number of rotatable bonds is 5. The van der Waals surface area contributed by atoms with Crippen LogP contribution < -0.4 is 10.6 Å². The number of nitrogens with zero attached hydrogens (tertiary/aromatic N) is 2. The molecule has 1 aromatic heterocycles. The first kappa shape index (κ1) is 17.8. The van der Waals surface area contributed by atoms with Gasteiger partial charge < -0.3 is 10.6 Å². The standard InChI is InChI=1S/C16H19F3N4O/c1-11(7-12-3-5-14(6-4-12)16(17,18)19)22-15(24)20-8-13-9-21-23(2)10-13/h3-6,9-11H,7-8H2,1-2H3,(H2,20,22,24). The lowest BCUT2D eigenvalue weighted by Gasteiger charge is -2.15. The van der Waals surface area contributed by atoms with Crippen molar-refractivity contribution >= 4 is 6.03 Å². The number of carbonyl (C=O) groups excluding carboxylic acids is 1. The van der Waals surface area contributed by atoms with Crippen molar-refractivity contribution in [1.82, 2.24) is 20.4 Å². The number of amides is 2. The van der Waals surface area contributed by atoms with Crippen molar-refractivity contribution in [3.05, 3.63) is 53.3 Å². The zero-order chi connectivity index (χ0) is 17.7.